The van der Waals surface area contributed by atoms with E-state index in [4.69, 9.17) is 22.8 Å². The Balaban J connectivity index is 0.000000764. The zero-order chi connectivity index (χ0) is 23.7. The molecule has 4 atom stereocenters. The van der Waals surface area contributed by atoms with Crippen molar-refractivity contribution in [1.29, 1.82) is 0 Å². The molecule has 34 heavy (non-hydrogen) atoms. The number of nitrogens with two attached hydrogens (primary N) is 1. The summed E-state index contributed by atoms with van der Waals surface area (Å²) in [6, 6.07) is 33.8. The Morgan fingerprint density at radius 3 is 2.21 bits per heavy atom. The minimum atomic E-state index is -1.64. The molecule has 0 heterocycles. The summed E-state index contributed by atoms with van der Waals surface area (Å²) in [5.74, 6) is 0.844. The molecule has 0 fully saturated rings. The summed E-state index contributed by atoms with van der Waals surface area (Å²) in [7, 11) is 8.23. The van der Waals surface area contributed by atoms with E-state index in [1.54, 1.807) is 0 Å². The van der Waals surface area contributed by atoms with Crippen LogP contribution in [0.15, 0.2) is 97.1 Å². The number of benzene rings is 4. The molecule has 6 rings (SSSR count). The summed E-state index contributed by atoms with van der Waals surface area (Å²) in [6.45, 7) is 2.43. The monoisotopic (exact) mass is 577 g/mol. The fourth-order valence-corrected chi connectivity index (χ4v) is 10.4. The van der Waals surface area contributed by atoms with Gasteiger partial charge in [0.15, 0.2) is 0 Å². The van der Waals surface area contributed by atoms with Crippen LogP contribution in [0.2, 0.25) is 0 Å². The molecule has 2 aliphatic rings. The zero-order valence-electron chi connectivity index (χ0n) is 19.1. The van der Waals surface area contributed by atoms with Gasteiger partial charge in [0.25, 0.3) is 0 Å². The molecule has 5 heteroatoms. The average molecular weight is 580 g/mol. The van der Waals surface area contributed by atoms with Crippen molar-refractivity contribution in [1.82, 2.24) is 0 Å². The van der Waals surface area contributed by atoms with Crippen LogP contribution in [-0.2, 0) is 25.9 Å². The Kier molecular flexibility index (Phi) is 7.30. The summed E-state index contributed by atoms with van der Waals surface area (Å²) in [5.41, 5.74) is 12.5. The van der Waals surface area contributed by atoms with Crippen LogP contribution in [0.1, 0.15) is 41.0 Å². The van der Waals surface area contributed by atoms with E-state index < -0.39 is 29.6 Å². The van der Waals surface area contributed by atoms with Crippen molar-refractivity contribution < 1.29 is 20.8 Å². The predicted octanol–water partition coefficient (Wildman–Crippen LogP) is 6.55. The molecule has 0 aromatic heterocycles. The second-order valence-electron chi connectivity index (χ2n) is 9.18. The SMILES string of the molecule is CC1c2cccc3cccc(c23)C1C1([SiH](CN)c2ccccc2)C=Cc2ccccc21.[Cl][Zr][Cl]. The van der Waals surface area contributed by atoms with E-state index in [1.165, 1.54) is 38.2 Å². The minimum absolute atomic E-state index is 0.0422. The maximum absolute atomic E-state index is 6.67. The standard InChI is InChI=1S/C29H27NSi.2ClH.Zr/c1-20-24-14-7-10-22-11-8-15-25(27(22)24)28(20)29(18-17-21-9-5-6-16-26(21)29)31(19-30)23-12-3-2-4-13-23;;;/h2-18,20,28,31H,19,30H2,1H3;2*1H;/q;;;+2/p-2. The summed E-state index contributed by atoms with van der Waals surface area (Å²) in [5, 5.41) is 4.25. The van der Waals surface area contributed by atoms with Gasteiger partial charge in [-0.1, -0.05) is 115 Å². The van der Waals surface area contributed by atoms with Crippen LogP contribution in [0.4, 0.5) is 0 Å². The number of allylic oxidation sites excluding steroid dienone is 1. The molecule has 0 amide bonds. The molecule has 1 nitrogen and oxygen atoms in total. The molecular formula is C29H27Cl2NSiZr. The van der Waals surface area contributed by atoms with Crippen LogP contribution in [0, 0.1) is 0 Å². The van der Waals surface area contributed by atoms with Gasteiger partial charge in [-0.25, -0.2) is 0 Å². The molecule has 4 aromatic rings. The van der Waals surface area contributed by atoms with E-state index >= 15 is 0 Å². The quantitative estimate of drug-likeness (QED) is 0.273. The molecule has 4 aromatic carbocycles. The van der Waals surface area contributed by atoms with Crippen LogP contribution in [0.5, 0.6) is 0 Å². The first-order valence-corrected chi connectivity index (χ1v) is 20.0. The van der Waals surface area contributed by atoms with Crippen LogP contribution in [0.3, 0.4) is 0 Å². The van der Waals surface area contributed by atoms with Gasteiger partial charge in [-0.05, 0) is 45.1 Å². The van der Waals surface area contributed by atoms with E-state index in [-0.39, 0.29) is 5.04 Å². The molecule has 4 unspecified atom stereocenters. The Labute approximate surface area is 222 Å². The second-order valence-corrected chi connectivity index (χ2v) is 16.1. The van der Waals surface area contributed by atoms with Gasteiger partial charge in [-0.2, -0.15) is 0 Å². The van der Waals surface area contributed by atoms with Crippen molar-refractivity contribution in [2.45, 2.75) is 23.8 Å². The molecule has 0 saturated heterocycles. The van der Waals surface area contributed by atoms with Gasteiger partial charge in [0.1, 0.15) is 8.80 Å². The first-order valence-electron chi connectivity index (χ1n) is 11.7. The summed E-state index contributed by atoms with van der Waals surface area (Å²) in [6.07, 6.45) is 5.66. The van der Waals surface area contributed by atoms with Gasteiger partial charge in [0.2, 0.25) is 0 Å². The Morgan fingerprint density at radius 1 is 0.853 bits per heavy atom. The Bertz CT molecular complexity index is 1340. The molecule has 0 bridgehead atoms. The first kappa shape index (κ1) is 24.2. The molecule has 2 N–H and O–H groups in total. The summed E-state index contributed by atoms with van der Waals surface area (Å²) < 4.78 is 0. The van der Waals surface area contributed by atoms with Crippen LogP contribution < -0.4 is 10.9 Å². The van der Waals surface area contributed by atoms with E-state index in [1.807, 2.05) is 0 Å². The van der Waals surface area contributed by atoms with E-state index in [9.17, 15) is 0 Å². The number of halogens is 2. The maximum atomic E-state index is 6.67. The van der Waals surface area contributed by atoms with E-state index in [0.717, 1.165) is 6.17 Å². The van der Waals surface area contributed by atoms with E-state index in [2.05, 4.69) is 110 Å². The van der Waals surface area contributed by atoms with Gasteiger partial charge in [-0.3, -0.25) is 0 Å². The number of hydrogen-bond acceptors (Lipinski definition) is 1. The number of rotatable bonds is 4. The number of fused-ring (bicyclic) bond motifs is 1. The van der Waals surface area contributed by atoms with Crippen molar-refractivity contribution in [3.05, 3.63) is 119 Å². The van der Waals surface area contributed by atoms with Gasteiger partial charge < -0.3 is 5.73 Å². The number of hydrogen-bond donors (Lipinski definition) is 1. The molecule has 0 aliphatic heterocycles. The van der Waals surface area contributed by atoms with Crippen LogP contribution >= 0.6 is 17.0 Å². The normalized spacial score (nSPS) is 22.7. The molecule has 0 radical (unpaired) electrons. The van der Waals surface area contributed by atoms with Crippen molar-refractivity contribution in [2.75, 3.05) is 6.17 Å². The van der Waals surface area contributed by atoms with Crippen molar-refractivity contribution in [3.63, 3.8) is 0 Å². The Hall–Kier alpha value is -1.48. The van der Waals surface area contributed by atoms with Gasteiger partial charge in [0.05, 0.1) is 0 Å². The van der Waals surface area contributed by atoms with Crippen molar-refractivity contribution in [2.24, 2.45) is 5.73 Å². The first-order chi connectivity index (χ1) is 16.7. The molecule has 0 spiro atoms. The third-order valence-corrected chi connectivity index (χ3v) is 11.5. The second kappa shape index (κ2) is 10.2. The van der Waals surface area contributed by atoms with Crippen molar-refractivity contribution in [3.8, 4) is 0 Å². The van der Waals surface area contributed by atoms with Gasteiger partial charge >= 0.3 is 37.9 Å². The fraction of sp³-hybridized carbons (Fsp3) is 0.172. The fourth-order valence-electron chi connectivity index (χ4n) is 6.60. The van der Waals surface area contributed by atoms with Gasteiger partial charge in [-0.15, -0.1) is 0 Å². The molecular weight excluding hydrogens is 553 g/mol. The predicted molar refractivity (Wildman–Crippen MR) is 146 cm³/mol. The average Bonchev–Trinajstić information content (AvgIpc) is 3.39. The molecule has 2 aliphatic carbocycles. The third kappa shape index (κ3) is 3.81. The summed E-state index contributed by atoms with van der Waals surface area (Å²) >= 11 is -0.826. The van der Waals surface area contributed by atoms with Crippen LogP contribution in [-0.4, -0.2) is 15.0 Å². The topological polar surface area (TPSA) is 26.0 Å². The third-order valence-electron chi connectivity index (χ3n) is 7.79. The zero-order valence-corrected chi connectivity index (χ0v) is 24.2. The van der Waals surface area contributed by atoms with Crippen LogP contribution in [0.25, 0.3) is 16.8 Å². The van der Waals surface area contributed by atoms with E-state index in [0.29, 0.717) is 11.8 Å². The van der Waals surface area contributed by atoms with Gasteiger partial charge in [0, 0.05) is 11.0 Å². The summed E-state index contributed by atoms with van der Waals surface area (Å²) in [4.78, 5) is 0. The van der Waals surface area contributed by atoms with Crippen molar-refractivity contribution >= 4 is 47.9 Å². The molecule has 0 saturated carbocycles. The molecule has 170 valence electrons. The Morgan fingerprint density at radius 2 is 1.50 bits per heavy atom.